The summed E-state index contributed by atoms with van der Waals surface area (Å²) in [6.07, 6.45) is 4.75. The molecule has 0 radical (unpaired) electrons. The number of anilines is 1. The van der Waals surface area contributed by atoms with Gasteiger partial charge >= 0.3 is 0 Å². The molecule has 2 heterocycles. The molecule has 2 N–H and O–H groups in total. The lowest BCUT2D eigenvalue weighted by molar-refractivity contribution is 0.0955. The van der Waals surface area contributed by atoms with Gasteiger partial charge in [-0.25, -0.2) is 14.4 Å². The second kappa shape index (κ2) is 7.96. The summed E-state index contributed by atoms with van der Waals surface area (Å²) >= 11 is 0. The topological polar surface area (TPSA) is 79.8 Å². The fourth-order valence-corrected chi connectivity index (χ4v) is 2.19. The van der Waals surface area contributed by atoms with Gasteiger partial charge in [0.15, 0.2) is 0 Å². The molecule has 0 saturated carbocycles. The number of carbonyl (C=O) groups excluding carboxylic acids is 1. The van der Waals surface area contributed by atoms with Crippen molar-refractivity contribution in [3.05, 3.63) is 72.4 Å². The summed E-state index contributed by atoms with van der Waals surface area (Å²) in [6.45, 7) is 0.924. The molecule has 3 rings (SSSR count). The Morgan fingerprint density at radius 2 is 1.84 bits per heavy atom. The maximum atomic E-state index is 13.2. The lowest BCUT2D eigenvalue weighted by Crippen LogP contribution is -2.29. The summed E-state index contributed by atoms with van der Waals surface area (Å²) < 4.78 is 13.2. The third-order valence-corrected chi connectivity index (χ3v) is 3.41. The van der Waals surface area contributed by atoms with E-state index in [1.807, 2.05) is 0 Å². The first-order valence-corrected chi connectivity index (χ1v) is 7.73. The number of nitrogens with zero attached hydrogens (tertiary/aromatic N) is 3. The van der Waals surface area contributed by atoms with E-state index in [1.54, 1.807) is 42.7 Å². The number of hydrogen-bond acceptors (Lipinski definition) is 5. The van der Waals surface area contributed by atoms with E-state index in [4.69, 9.17) is 0 Å². The van der Waals surface area contributed by atoms with E-state index in [-0.39, 0.29) is 11.7 Å². The number of nitrogens with one attached hydrogen (secondary N) is 2. The van der Waals surface area contributed by atoms with Crippen LogP contribution in [0.15, 0.2) is 61.1 Å². The van der Waals surface area contributed by atoms with Gasteiger partial charge in [0.1, 0.15) is 5.82 Å². The maximum Gasteiger partial charge on any atom is 0.252 e. The van der Waals surface area contributed by atoms with Crippen LogP contribution in [0.4, 0.5) is 10.3 Å². The minimum atomic E-state index is -0.323. The second-order valence-electron chi connectivity index (χ2n) is 5.20. The van der Waals surface area contributed by atoms with E-state index >= 15 is 0 Å². The van der Waals surface area contributed by atoms with Gasteiger partial charge in [0.05, 0.1) is 11.3 Å². The third-order valence-electron chi connectivity index (χ3n) is 3.41. The number of aromatic nitrogens is 3. The Hall–Kier alpha value is -3.35. The highest BCUT2D eigenvalue weighted by Gasteiger charge is 2.07. The van der Waals surface area contributed by atoms with Crippen LogP contribution in [0.5, 0.6) is 0 Å². The highest BCUT2D eigenvalue weighted by atomic mass is 19.1. The number of amides is 1. The monoisotopic (exact) mass is 337 g/mol. The zero-order valence-electron chi connectivity index (χ0n) is 13.3. The average molecular weight is 337 g/mol. The van der Waals surface area contributed by atoms with Crippen molar-refractivity contribution in [1.82, 2.24) is 20.3 Å². The Morgan fingerprint density at radius 1 is 1.00 bits per heavy atom. The van der Waals surface area contributed by atoms with E-state index in [1.165, 1.54) is 18.3 Å². The molecule has 7 heteroatoms. The van der Waals surface area contributed by atoms with Crippen molar-refractivity contribution in [2.45, 2.75) is 0 Å². The maximum absolute atomic E-state index is 13.2. The number of rotatable bonds is 6. The van der Waals surface area contributed by atoms with E-state index in [0.29, 0.717) is 35.9 Å². The van der Waals surface area contributed by atoms with Crippen LogP contribution in [0.25, 0.3) is 11.3 Å². The van der Waals surface area contributed by atoms with Crippen molar-refractivity contribution in [2.24, 2.45) is 0 Å². The van der Waals surface area contributed by atoms with Gasteiger partial charge in [0.25, 0.3) is 5.91 Å². The van der Waals surface area contributed by atoms with E-state index in [2.05, 4.69) is 25.6 Å². The molecule has 126 valence electrons. The molecule has 2 aromatic heterocycles. The zero-order chi connectivity index (χ0) is 17.5. The molecule has 0 spiro atoms. The van der Waals surface area contributed by atoms with Crippen LogP contribution in [-0.4, -0.2) is 33.9 Å². The first-order chi connectivity index (χ1) is 12.2. The van der Waals surface area contributed by atoms with Gasteiger partial charge in [-0.2, -0.15) is 0 Å². The molecule has 0 atom stereocenters. The Morgan fingerprint density at radius 3 is 2.56 bits per heavy atom. The second-order valence-corrected chi connectivity index (χ2v) is 5.20. The summed E-state index contributed by atoms with van der Waals surface area (Å²) in [4.78, 5) is 24.4. The lowest BCUT2D eigenvalue weighted by atomic mass is 10.1. The van der Waals surface area contributed by atoms with Crippen LogP contribution < -0.4 is 10.6 Å². The van der Waals surface area contributed by atoms with Crippen molar-refractivity contribution < 1.29 is 9.18 Å². The number of benzene rings is 1. The van der Waals surface area contributed by atoms with Gasteiger partial charge < -0.3 is 10.6 Å². The van der Waals surface area contributed by atoms with Crippen molar-refractivity contribution >= 4 is 11.9 Å². The zero-order valence-corrected chi connectivity index (χ0v) is 13.3. The summed E-state index contributed by atoms with van der Waals surface area (Å²) in [5.41, 5.74) is 1.72. The van der Waals surface area contributed by atoms with Gasteiger partial charge in [-0.15, -0.1) is 0 Å². The minimum absolute atomic E-state index is 0.228. The van der Waals surface area contributed by atoms with Crippen molar-refractivity contribution in [2.75, 3.05) is 18.4 Å². The molecule has 0 saturated heterocycles. The third kappa shape index (κ3) is 4.57. The average Bonchev–Trinajstić information content (AvgIpc) is 2.66. The molecule has 0 bridgehead atoms. The smallest absolute Gasteiger partial charge is 0.252 e. The van der Waals surface area contributed by atoms with Crippen LogP contribution in [0.3, 0.4) is 0 Å². The van der Waals surface area contributed by atoms with Crippen LogP contribution >= 0.6 is 0 Å². The van der Waals surface area contributed by atoms with Crippen LogP contribution in [0.1, 0.15) is 10.4 Å². The van der Waals surface area contributed by atoms with Crippen LogP contribution in [-0.2, 0) is 0 Å². The Balaban J connectivity index is 1.52. The highest BCUT2D eigenvalue weighted by Crippen LogP contribution is 2.17. The number of halogens is 1. The summed E-state index contributed by atoms with van der Waals surface area (Å²) in [7, 11) is 0. The fraction of sp³-hybridized carbons (Fsp3) is 0.111. The summed E-state index contributed by atoms with van der Waals surface area (Å²) in [6, 6.07) is 11.3. The van der Waals surface area contributed by atoms with Crippen molar-refractivity contribution in [3.8, 4) is 11.3 Å². The van der Waals surface area contributed by atoms with Gasteiger partial charge in [0.2, 0.25) is 5.95 Å². The quantitative estimate of drug-likeness (QED) is 0.676. The molecule has 0 aliphatic heterocycles. The molecular weight excluding hydrogens is 321 g/mol. The molecule has 0 fully saturated rings. The Kier molecular flexibility index (Phi) is 5.26. The summed E-state index contributed by atoms with van der Waals surface area (Å²) in [5, 5.41) is 5.78. The molecule has 25 heavy (non-hydrogen) atoms. The normalized spacial score (nSPS) is 10.3. The predicted molar refractivity (Wildman–Crippen MR) is 92.5 cm³/mol. The molecule has 0 aliphatic rings. The predicted octanol–water partition coefficient (Wildman–Crippen LogP) is 2.52. The van der Waals surface area contributed by atoms with E-state index in [9.17, 15) is 9.18 Å². The van der Waals surface area contributed by atoms with Gasteiger partial charge in [-0.05, 0) is 30.3 Å². The first kappa shape index (κ1) is 16.5. The molecule has 6 nitrogen and oxygen atoms in total. The molecule has 0 unspecified atom stereocenters. The number of pyridine rings is 1. The van der Waals surface area contributed by atoms with Crippen LogP contribution in [0.2, 0.25) is 0 Å². The molecule has 1 amide bonds. The molecule has 3 aromatic rings. The van der Waals surface area contributed by atoms with Crippen molar-refractivity contribution in [1.29, 1.82) is 0 Å². The minimum Gasteiger partial charge on any atom is -0.352 e. The van der Waals surface area contributed by atoms with Gasteiger partial charge in [0, 0.05) is 37.2 Å². The Bertz CT molecular complexity index is 840. The van der Waals surface area contributed by atoms with Gasteiger partial charge in [-0.3, -0.25) is 9.78 Å². The molecule has 1 aromatic carbocycles. The highest BCUT2D eigenvalue weighted by molar-refractivity contribution is 5.94. The fourth-order valence-electron chi connectivity index (χ4n) is 2.19. The summed E-state index contributed by atoms with van der Waals surface area (Å²) in [5.74, 6) is -0.0389. The van der Waals surface area contributed by atoms with E-state index < -0.39 is 0 Å². The van der Waals surface area contributed by atoms with E-state index in [0.717, 1.165) is 0 Å². The van der Waals surface area contributed by atoms with Gasteiger partial charge in [-0.1, -0.05) is 12.1 Å². The molecular formula is C18H16FN5O. The molecule has 0 aliphatic carbocycles. The largest absolute Gasteiger partial charge is 0.352 e. The number of carbonyl (C=O) groups is 1. The van der Waals surface area contributed by atoms with Crippen molar-refractivity contribution in [3.63, 3.8) is 0 Å². The Labute approximate surface area is 144 Å². The first-order valence-electron chi connectivity index (χ1n) is 7.73. The number of hydrogen-bond donors (Lipinski definition) is 2. The SMILES string of the molecule is O=C(NCCNc1ncccn1)c1ccc(-c2cccc(F)c2)nc1. The standard InChI is InChI=1S/C18H16FN5O/c19-15-4-1-3-13(11-15)16-6-5-14(12-24-16)17(25)20-9-10-23-18-21-7-2-8-22-18/h1-8,11-12H,9-10H2,(H,20,25)(H,21,22,23). The lowest BCUT2D eigenvalue weighted by Gasteiger charge is -2.07. The van der Waals surface area contributed by atoms with Crippen LogP contribution in [0, 0.1) is 5.82 Å².